The molecule has 1 N–H and O–H groups in total. The number of amides is 1. The van der Waals surface area contributed by atoms with Crippen LogP contribution in [0.4, 0.5) is 0 Å². The van der Waals surface area contributed by atoms with Crippen LogP contribution in [0.15, 0.2) is 48.5 Å². The van der Waals surface area contributed by atoms with Gasteiger partial charge < -0.3 is 14.7 Å². The molecule has 0 bridgehead atoms. The number of esters is 1. The van der Waals surface area contributed by atoms with Gasteiger partial charge in [0.1, 0.15) is 6.04 Å². The van der Waals surface area contributed by atoms with E-state index >= 15 is 0 Å². The maximum atomic E-state index is 13.8. The molecule has 1 saturated carbocycles. The number of carboxylic acid groups (broad SMARTS) is 1. The first kappa shape index (κ1) is 24.6. The van der Waals surface area contributed by atoms with E-state index in [1.807, 2.05) is 30.3 Å². The molecule has 2 aromatic rings. The van der Waals surface area contributed by atoms with Gasteiger partial charge in [0.15, 0.2) is 0 Å². The minimum atomic E-state index is -1.05. The Bertz CT molecular complexity index is 1070. The summed E-state index contributed by atoms with van der Waals surface area (Å²) < 4.78 is 5.40. The average Bonchev–Trinajstić information content (AvgIpc) is 3.62. The second kappa shape index (κ2) is 10.4. The molecule has 2 fully saturated rings. The summed E-state index contributed by atoms with van der Waals surface area (Å²) in [7, 11) is 0. The predicted octanol–water partition coefficient (Wildman–Crippen LogP) is 5.48. The molecule has 0 spiro atoms. The smallest absolute Gasteiger partial charge is 0.329 e. The first-order chi connectivity index (χ1) is 16.3. The van der Waals surface area contributed by atoms with Crippen LogP contribution in [-0.2, 0) is 19.1 Å². The number of aliphatic carboxylic acids is 1. The second-order valence-corrected chi connectivity index (χ2v) is 9.84. The summed E-state index contributed by atoms with van der Waals surface area (Å²) in [4.78, 5) is 40.3. The zero-order chi connectivity index (χ0) is 24.4. The van der Waals surface area contributed by atoms with Gasteiger partial charge in [-0.2, -0.15) is 0 Å². The topological polar surface area (TPSA) is 83.9 Å². The summed E-state index contributed by atoms with van der Waals surface area (Å²) in [5, 5.41) is 10.7. The van der Waals surface area contributed by atoms with E-state index in [-0.39, 0.29) is 30.8 Å². The maximum Gasteiger partial charge on any atom is 0.329 e. The number of hydrogen-bond donors (Lipinski definition) is 1. The summed E-state index contributed by atoms with van der Waals surface area (Å²) in [5.74, 6) is -2.87. The van der Waals surface area contributed by atoms with E-state index in [1.165, 1.54) is 0 Å². The number of benzene rings is 2. The molecule has 2 aromatic carbocycles. The molecule has 4 rings (SSSR count). The lowest BCUT2D eigenvalue weighted by Crippen LogP contribution is -2.55. The van der Waals surface area contributed by atoms with Gasteiger partial charge in [0.25, 0.3) is 0 Å². The number of rotatable bonds is 8. The number of nitrogens with zero attached hydrogens (tertiary/aromatic N) is 1. The molecule has 1 heterocycles. The highest BCUT2D eigenvalue weighted by Gasteiger charge is 2.52. The van der Waals surface area contributed by atoms with Gasteiger partial charge in [0, 0.05) is 21.9 Å². The van der Waals surface area contributed by atoms with Crippen molar-refractivity contribution in [2.45, 2.75) is 50.6 Å². The van der Waals surface area contributed by atoms with Crippen molar-refractivity contribution in [1.82, 2.24) is 4.90 Å². The molecule has 1 unspecified atom stereocenters. The van der Waals surface area contributed by atoms with Gasteiger partial charge in [-0.3, -0.25) is 9.59 Å². The number of halogens is 2. The number of carboxylic acids is 1. The molecule has 0 aromatic heterocycles. The molecule has 34 heavy (non-hydrogen) atoms. The highest BCUT2D eigenvalue weighted by Crippen LogP contribution is 2.50. The maximum absolute atomic E-state index is 13.8. The van der Waals surface area contributed by atoms with Gasteiger partial charge >= 0.3 is 11.9 Å². The lowest BCUT2D eigenvalue weighted by molar-refractivity contribution is -0.164. The molecule has 180 valence electrons. The molecule has 1 aliphatic heterocycles. The molecule has 1 aliphatic carbocycles. The normalized spacial score (nSPS) is 23.4. The van der Waals surface area contributed by atoms with E-state index in [9.17, 15) is 19.5 Å². The van der Waals surface area contributed by atoms with E-state index in [4.69, 9.17) is 27.9 Å². The van der Waals surface area contributed by atoms with E-state index < -0.39 is 29.9 Å². The lowest BCUT2D eigenvalue weighted by Gasteiger charge is -2.47. The molecule has 4 atom stereocenters. The zero-order valence-corrected chi connectivity index (χ0v) is 20.3. The van der Waals surface area contributed by atoms with Crippen LogP contribution in [0.2, 0.25) is 10.0 Å². The monoisotopic (exact) mass is 503 g/mol. The summed E-state index contributed by atoms with van der Waals surface area (Å²) in [6.07, 6.45) is 1.65. The van der Waals surface area contributed by atoms with Gasteiger partial charge in [-0.15, -0.1) is 0 Å². The quantitative estimate of drug-likeness (QED) is 0.481. The molecule has 6 nitrogen and oxygen atoms in total. The molecule has 8 heteroatoms. The van der Waals surface area contributed by atoms with Crippen molar-refractivity contribution in [3.8, 4) is 0 Å². The second-order valence-electron chi connectivity index (χ2n) is 8.97. The van der Waals surface area contributed by atoms with E-state index in [0.717, 1.165) is 24.0 Å². The molecule has 2 aliphatic rings. The Morgan fingerprint density at radius 1 is 1.09 bits per heavy atom. The van der Waals surface area contributed by atoms with Crippen LogP contribution in [-0.4, -0.2) is 40.5 Å². The number of ether oxygens (including phenoxy) is 1. The molecule has 1 saturated heterocycles. The van der Waals surface area contributed by atoms with E-state index in [0.29, 0.717) is 16.5 Å². The fourth-order valence-electron chi connectivity index (χ4n) is 5.05. The van der Waals surface area contributed by atoms with Crippen molar-refractivity contribution in [3.05, 3.63) is 69.7 Å². The molecular formula is C26H27Cl2NO5. The lowest BCUT2D eigenvalue weighted by atomic mass is 9.74. The minimum absolute atomic E-state index is 0.0126. The van der Waals surface area contributed by atoms with Crippen LogP contribution < -0.4 is 0 Å². The summed E-state index contributed by atoms with van der Waals surface area (Å²) in [6, 6.07) is 13.4. The Morgan fingerprint density at radius 2 is 1.79 bits per heavy atom. The van der Waals surface area contributed by atoms with Crippen molar-refractivity contribution >= 4 is 41.0 Å². The third-order valence-electron chi connectivity index (χ3n) is 6.63. The predicted molar refractivity (Wildman–Crippen MR) is 129 cm³/mol. The van der Waals surface area contributed by atoms with Crippen LogP contribution in [0.1, 0.15) is 55.7 Å². The van der Waals surface area contributed by atoms with Crippen molar-refractivity contribution in [2.24, 2.45) is 11.8 Å². The zero-order valence-electron chi connectivity index (χ0n) is 18.8. The van der Waals surface area contributed by atoms with Crippen LogP contribution in [0.5, 0.6) is 0 Å². The van der Waals surface area contributed by atoms with Gasteiger partial charge in [-0.25, -0.2) is 4.79 Å². The first-order valence-electron chi connectivity index (χ1n) is 11.5. The van der Waals surface area contributed by atoms with E-state index in [1.54, 1.807) is 30.0 Å². The van der Waals surface area contributed by atoms with Crippen molar-refractivity contribution in [1.29, 1.82) is 0 Å². The standard InChI is InChI=1S/C26H27Cl2NO5/c1-2-34-26(33)24(16-6-7-16)29-23(15-8-10-19(27)11-9-15)21(17-4-3-5-20(28)12-17)13-18(25(29)32)14-22(30)31/h3-5,8-12,16,18,21,23-24H,2,6-7,13-14H2,1H3,(H,30,31)/t18-,21-,23-,24?/m1/s1. The highest BCUT2D eigenvalue weighted by molar-refractivity contribution is 6.30. The Labute approximate surface area is 208 Å². The number of likely N-dealkylation sites (tertiary alicyclic amines) is 1. The Morgan fingerprint density at radius 3 is 2.38 bits per heavy atom. The van der Waals surface area contributed by atoms with Crippen LogP contribution in [0, 0.1) is 11.8 Å². The number of carbonyl (C=O) groups is 3. The summed E-state index contributed by atoms with van der Waals surface area (Å²) in [6.45, 7) is 1.94. The fraction of sp³-hybridized carbons (Fsp3) is 0.423. The van der Waals surface area contributed by atoms with Gasteiger partial charge in [0.05, 0.1) is 19.1 Å². The molecule has 0 radical (unpaired) electrons. The van der Waals surface area contributed by atoms with Crippen LogP contribution in [0.3, 0.4) is 0 Å². The van der Waals surface area contributed by atoms with Crippen molar-refractivity contribution in [3.63, 3.8) is 0 Å². The minimum Gasteiger partial charge on any atom is -0.481 e. The molecular weight excluding hydrogens is 477 g/mol. The summed E-state index contributed by atoms with van der Waals surface area (Å²) >= 11 is 12.5. The van der Waals surface area contributed by atoms with Gasteiger partial charge in [-0.1, -0.05) is 47.5 Å². The average molecular weight is 504 g/mol. The Balaban J connectivity index is 1.88. The van der Waals surface area contributed by atoms with Gasteiger partial charge in [0.2, 0.25) is 5.91 Å². The fourth-order valence-corrected chi connectivity index (χ4v) is 5.38. The van der Waals surface area contributed by atoms with Crippen LogP contribution in [0.25, 0.3) is 0 Å². The first-order valence-corrected chi connectivity index (χ1v) is 12.3. The third kappa shape index (κ3) is 5.23. The third-order valence-corrected chi connectivity index (χ3v) is 7.12. The van der Waals surface area contributed by atoms with E-state index in [2.05, 4.69) is 0 Å². The number of hydrogen-bond acceptors (Lipinski definition) is 4. The van der Waals surface area contributed by atoms with Crippen molar-refractivity contribution in [2.75, 3.05) is 6.61 Å². The highest BCUT2D eigenvalue weighted by atomic mass is 35.5. The van der Waals surface area contributed by atoms with Crippen LogP contribution >= 0.6 is 23.2 Å². The Hall–Kier alpha value is -2.57. The summed E-state index contributed by atoms with van der Waals surface area (Å²) in [5.41, 5.74) is 1.71. The number of carbonyl (C=O) groups excluding carboxylic acids is 2. The van der Waals surface area contributed by atoms with Crippen molar-refractivity contribution < 1.29 is 24.2 Å². The number of piperidine rings is 1. The Kier molecular flexibility index (Phi) is 7.48. The van der Waals surface area contributed by atoms with Gasteiger partial charge in [-0.05, 0) is 67.5 Å². The largest absolute Gasteiger partial charge is 0.481 e. The SMILES string of the molecule is CCOC(=O)C(C1CC1)N1C(=O)[C@@H](CC(=O)O)C[C@H](c2cccc(Cl)c2)[C@H]1c1ccc(Cl)cc1. The molecule has 1 amide bonds.